The second kappa shape index (κ2) is 6.49. The van der Waals surface area contributed by atoms with Crippen molar-refractivity contribution in [2.75, 3.05) is 6.61 Å². The Bertz CT molecular complexity index is 156. The molecule has 0 aromatic carbocycles. The summed E-state index contributed by atoms with van der Waals surface area (Å²) in [5, 5.41) is 9.45. The van der Waals surface area contributed by atoms with Gasteiger partial charge in [-0.2, -0.15) is 0 Å². The molecule has 2 fully saturated rings. The van der Waals surface area contributed by atoms with Gasteiger partial charge in [0.1, 0.15) is 0 Å². The average molecular weight is 214 g/mol. The van der Waals surface area contributed by atoms with Crippen LogP contribution in [0.5, 0.6) is 0 Å². The third kappa shape index (κ3) is 4.98. The zero-order valence-corrected chi connectivity index (χ0v) is 10.4. The average Bonchev–Trinajstić information content (AvgIpc) is 3.00. The second-order valence-electron chi connectivity index (χ2n) is 5.12. The number of epoxide rings is 1. The Labute approximate surface area is 94.0 Å². The van der Waals surface area contributed by atoms with E-state index in [4.69, 9.17) is 4.74 Å². The van der Waals surface area contributed by atoms with Gasteiger partial charge in [-0.1, -0.05) is 33.6 Å². The van der Waals surface area contributed by atoms with Gasteiger partial charge in [0.25, 0.3) is 0 Å². The van der Waals surface area contributed by atoms with Crippen LogP contribution in [0.3, 0.4) is 0 Å². The molecule has 15 heavy (non-hydrogen) atoms. The first-order valence-electron chi connectivity index (χ1n) is 6.44. The molecule has 1 heterocycles. The highest BCUT2D eigenvalue weighted by molar-refractivity contribution is 4.75. The van der Waals surface area contributed by atoms with Crippen LogP contribution in [0.25, 0.3) is 0 Å². The van der Waals surface area contributed by atoms with Gasteiger partial charge in [0.2, 0.25) is 0 Å². The van der Waals surface area contributed by atoms with Crippen LogP contribution in [-0.2, 0) is 4.74 Å². The summed E-state index contributed by atoms with van der Waals surface area (Å²) in [6, 6.07) is 0. The predicted molar refractivity (Wildman–Crippen MR) is 62.8 cm³/mol. The molecule has 2 aliphatic rings. The van der Waals surface area contributed by atoms with Gasteiger partial charge in [-0.05, 0) is 31.1 Å². The van der Waals surface area contributed by atoms with E-state index in [1.807, 2.05) is 0 Å². The monoisotopic (exact) mass is 214 g/mol. The van der Waals surface area contributed by atoms with E-state index in [2.05, 4.69) is 20.8 Å². The van der Waals surface area contributed by atoms with Gasteiger partial charge >= 0.3 is 0 Å². The van der Waals surface area contributed by atoms with Crippen molar-refractivity contribution >= 4 is 0 Å². The molecule has 2 heteroatoms. The van der Waals surface area contributed by atoms with Crippen LogP contribution < -0.4 is 0 Å². The lowest BCUT2D eigenvalue weighted by Gasteiger charge is -2.29. The normalized spacial score (nSPS) is 39.2. The molecule has 1 aliphatic heterocycles. The molecule has 0 amide bonds. The van der Waals surface area contributed by atoms with Gasteiger partial charge in [0.15, 0.2) is 0 Å². The number of hydrogen-bond acceptors (Lipinski definition) is 2. The maximum Gasteiger partial charge on any atom is 0.0809 e. The van der Waals surface area contributed by atoms with Crippen molar-refractivity contribution in [2.24, 2.45) is 11.8 Å². The molecule has 3 unspecified atom stereocenters. The van der Waals surface area contributed by atoms with Crippen LogP contribution in [0, 0.1) is 11.8 Å². The van der Waals surface area contributed by atoms with Crippen molar-refractivity contribution in [3.63, 3.8) is 0 Å². The minimum atomic E-state index is -0.0289. The van der Waals surface area contributed by atoms with Gasteiger partial charge in [-0.15, -0.1) is 0 Å². The lowest BCUT2D eigenvalue weighted by Crippen LogP contribution is -2.29. The molecule has 0 radical (unpaired) electrons. The number of aliphatic hydroxyl groups excluding tert-OH is 1. The minimum absolute atomic E-state index is 0.0289. The molecular formula is C13H26O2. The third-order valence-corrected chi connectivity index (χ3v) is 3.50. The molecular weight excluding hydrogens is 188 g/mol. The molecule has 3 atom stereocenters. The van der Waals surface area contributed by atoms with E-state index in [0.717, 1.165) is 6.61 Å². The summed E-state index contributed by atoms with van der Waals surface area (Å²) in [6.45, 7) is 7.48. The first kappa shape index (κ1) is 13.0. The van der Waals surface area contributed by atoms with E-state index in [-0.39, 0.29) is 6.10 Å². The van der Waals surface area contributed by atoms with E-state index in [1.165, 1.54) is 32.1 Å². The van der Waals surface area contributed by atoms with Crippen LogP contribution >= 0.6 is 0 Å². The minimum Gasteiger partial charge on any atom is -0.393 e. The lowest BCUT2D eigenvalue weighted by atomic mass is 9.81. The summed E-state index contributed by atoms with van der Waals surface area (Å²) in [5.74, 6) is 1.07. The van der Waals surface area contributed by atoms with Gasteiger partial charge in [-0.3, -0.25) is 0 Å². The van der Waals surface area contributed by atoms with Crippen LogP contribution in [0.4, 0.5) is 0 Å². The SMILES string of the molecule is CC1CCCC(C)C1O.CCCC1CO1. The van der Waals surface area contributed by atoms with Crippen molar-refractivity contribution in [2.45, 2.75) is 65.1 Å². The molecule has 0 aromatic rings. The summed E-state index contributed by atoms with van der Waals surface area (Å²) in [7, 11) is 0. The summed E-state index contributed by atoms with van der Waals surface area (Å²) in [5.41, 5.74) is 0. The van der Waals surface area contributed by atoms with Gasteiger partial charge in [0, 0.05) is 0 Å². The maximum atomic E-state index is 9.45. The van der Waals surface area contributed by atoms with Gasteiger partial charge in [-0.25, -0.2) is 0 Å². The quantitative estimate of drug-likeness (QED) is 0.717. The van der Waals surface area contributed by atoms with Crippen molar-refractivity contribution < 1.29 is 9.84 Å². The van der Waals surface area contributed by atoms with Gasteiger partial charge < -0.3 is 9.84 Å². The highest BCUT2D eigenvalue weighted by Gasteiger charge is 2.24. The van der Waals surface area contributed by atoms with E-state index in [1.54, 1.807) is 0 Å². The van der Waals surface area contributed by atoms with E-state index in [0.29, 0.717) is 17.9 Å². The number of rotatable bonds is 2. The standard InChI is InChI=1S/C8H16O.C5H10O/c1-6-4-3-5-7(2)8(6)9;1-2-3-5-4-6-5/h6-9H,3-5H2,1-2H3;5H,2-4H2,1H3. The molecule has 0 bridgehead atoms. The highest BCUT2D eigenvalue weighted by atomic mass is 16.6. The summed E-state index contributed by atoms with van der Waals surface area (Å²) < 4.78 is 4.95. The van der Waals surface area contributed by atoms with Crippen LogP contribution in [0.1, 0.15) is 52.9 Å². The molecule has 0 aromatic heterocycles. The lowest BCUT2D eigenvalue weighted by molar-refractivity contribution is 0.0334. The van der Waals surface area contributed by atoms with E-state index < -0.39 is 0 Å². The molecule has 1 N–H and O–H groups in total. The Balaban J connectivity index is 0.000000162. The first-order chi connectivity index (χ1) is 7.15. The first-order valence-corrected chi connectivity index (χ1v) is 6.44. The molecule has 1 saturated carbocycles. The van der Waals surface area contributed by atoms with Crippen LogP contribution in [-0.4, -0.2) is 23.9 Å². The van der Waals surface area contributed by atoms with Crippen molar-refractivity contribution in [3.05, 3.63) is 0 Å². The maximum absolute atomic E-state index is 9.45. The fraction of sp³-hybridized carbons (Fsp3) is 1.00. The van der Waals surface area contributed by atoms with Crippen molar-refractivity contribution in [3.8, 4) is 0 Å². The Morgan fingerprint density at radius 2 is 1.73 bits per heavy atom. The highest BCUT2D eigenvalue weighted by Crippen LogP contribution is 2.28. The Morgan fingerprint density at radius 1 is 1.20 bits per heavy atom. The fourth-order valence-electron chi connectivity index (χ4n) is 2.22. The van der Waals surface area contributed by atoms with Gasteiger partial charge in [0.05, 0.1) is 18.8 Å². The third-order valence-electron chi connectivity index (χ3n) is 3.50. The topological polar surface area (TPSA) is 32.8 Å². The van der Waals surface area contributed by atoms with E-state index >= 15 is 0 Å². The summed E-state index contributed by atoms with van der Waals surface area (Å²) >= 11 is 0. The largest absolute Gasteiger partial charge is 0.393 e. The predicted octanol–water partition coefficient (Wildman–Crippen LogP) is 2.99. The Hall–Kier alpha value is -0.0800. The zero-order chi connectivity index (χ0) is 11.3. The molecule has 0 spiro atoms. The number of aliphatic hydroxyl groups is 1. The smallest absolute Gasteiger partial charge is 0.0809 e. The number of ether oxygens (including phenoxy) is 1. The Morgan fingerprint density at radius 3 is 2.00 bits per heavy atom. The molecule has 90 valence electrons. The summed E-state index contributed by atoms with van der Waals surface area (Å²) in [4.78, 5) is 0. The molecule has 1 aliphatic carbocycles. The van der Waals surface area contributed by atoms with Crippen molar-refractivity contribution in [1.82, 2.24) is 0 Å². The molecule has 2 rings (SSSR count). The Kier molecular flexibility index (Phi) is 5.62. The van der Waals surface area contributed by atoms with E-state index in [9.17, 15) is 5.11 Å². The summed E-state index contributed by atoms with van der Waals surface area (Å²) in [6.07, 6.45) is 6.88. The van der Waals surface area contributed by atoms with Crippen LogP contribution in [0.2, 0.25) is 0 Å². The molecule has 2 nitrogen and oxygen atoms in total. The molecule has 1 saturated heterocycles. The second-order valence-corrected chi connectivity index (χ2v) is 5.12. The van der Waals surface area contributed by atoms with Crippen molar-refractivity contribution in [1.29, 1.82) is 0 Å². The number of hydrogen-bond donors (Lipinski definition) is 1. The fourth-order valence-corrected chi connectivity index (χ4v) is 2.22. The van der Waals surface area contributed by atoms with Crippen LogP contribution in [0.15, 0.2) is 0 Å². The zero-order valence-electron chi connectivity index (χ0n) is 10.4.